The number of halogens is 1. The van der Waals surface area contributed by atoms with Gasteiger partial charge in [0.05, 0.1) is 10.6 Å². The summed E-state index contributed by atoms with van der Waals surface area (Å²) in [7, 11) is -4.18. The Morgan fingerprint density at radius 1 is 0.826 bits per heavy atom. The van der Waals surface area contributed by atoms with Crippen LogP contribution in [0.2, 0.25) is 5.02 Å². The van der Waals surface area contributed by atoms with Gasteiger partial charge in [-0.3, -0.25) is 13.9 Å². The third kappa shape index (κ3) is 8.77. The van der Waals surface area contributed by atoms with Crippen molar-refractivity contribution in [3.05, 3.63) is 130 Å². The van der Waals surface area contributed by atoms with Crippen LogP contribution in [0.5, 0.6) is 0 Å². The highest BCUT2D eigenvalue weighted by Gasteiger charge is 2.35. The lowest BCUT2D eigenvalue weighted by Crippen LogP contribution is -2.54. The monoisotopic (exact) mass is 659 g/mol. The quantitative estimate of drug-likeness (QED) is 0.167. The number of sulfonamides is 1. The van der Waals surface area contributed by atoms with Gasteiger partial charge in [-0.1, -0.05) is 96.4 Å². The van der Waals surface area contributed by atoms with E-state index < -0.39 is 28.5 Å². The summed E-state index contributed by atoms with van der Waals surface area (Å²) in [6.07, 6.45) is 0.949. The number of hydrogen-bond acceptors (Lipinski definition) is 4. The minimum atomic E-state index is -4.18. The summed E-state index contributed by atoms with van der Waals surface area (Å²) in [6.45, 7) is 9.06. The molecule has 4 aromatic rings. The lowest BCUT2D eigenvalue weighted by molar-refractivity contribution is -0.140. The molecule has 9 heteroatoms. The topological polar surface area (TPSA) is 86.8 Å². The Balaban J connectivity index is 1.83. The predicted molar refractivity (Wildman–Crippen MR) is 185 cm³/mol. The molecule has 0 unspecified atom stereocenters. The Labute approximate surface area is 278 Å². The molecule has 46 heavy (non-hydrogen) atoms. The number of amides is 2. The zero-order valence-electron chi connectivity index (χ0n) is 27.0. The van der Waals surface area contributed by atoms with Crippen LogP contribution in [0.4, 0.5) is 5.69 Å². The number of nitrogens with one attached hydrogen (secondary N) is 1. The molecule has 0 aliphatic carbocycles. The second-order valence-electron chi connectivity index (χ2n) is 11.8. The molecule has 7 nitrogen and oxygen atoms in total. The van der Waals surface area contributed by atoms with Crippen molar-refractivity contribution in [3.8, 4) is 0 Å². The largest absolute Gasteiger partial charge is 0.352 e. The third-order valence-electron chi connectivity index (χ3n) is 8.02. The van der Waals surface area contributed by atoms with Gasteiger partial charge in [-0.25, -0.2) is 8.42 Å². The van der Waals surface area contributed by atoms with Gasteiger partial charge >= 0.3 is 0 Å². The zero-order valence-corrected chi connectivity index (χ0v) is 28.6. The smallest absolute Gasteiger partial charge is 0.264 e. The van der Waals surface area contributed by atoms with Gasteiger partial charge < -0.3 is 10.2 Å². The number of anilines is 1. The number of benzene rings is 4. The first-order valence-corrected chi connectivity index (χ1v) is 17.3. The minimum Gasteiger partial charge on any atom is -0.352 e. The van der Waals surface area contributed by atoms with Gasteiger partial charge in [0.2, 0.25) is 11.8 Å². The van der Waals surface area contributed by atoms with E-state index in [2.05, 4.69) is 5.32 Å². The second kappa shape index (κ2) is 15.4. The second-order valence-corrected chi connectivity index (χ2v) is 14.1. The van der Waals surface area contributed by atoms with E-state index in [1.165, 1.54) is 4.90 Å². The number of aryl methyl sites for hydroxylation is 3. The Morgan fingerprint density at radius 2 is 1.48 bits per heavy atom. The van der Waals surface area contributed by atoms with Crippen LogP contribution in [-0.4, -0.2) is 43.8 Å². The number of carbonyl (C=O) groups is 2. The van der Waals surface area contributed by atoms with Gasteiger partial charge in [-0.05, 0) is 81.1 Å². The molecule has 2 amide bonds. The van der Waals surface area contributed by atoms with E-state index in [9.17, 15) is 18.0 Å². The van der Waals surface area contributed by atoms with Gasteiger partial charge in [-0.2, -0.15) is 0 Å². The standard InChI is InChI=1S/C37H42ClN3O4S/c1-6-29(5)39-37(43)35(23-30-11-8-7-9-12-30)40(24-31-13-10-14-32(38)22-31)36(42)25-41(34-20-17-27(3)21-28(34)4)46(44,45)33-18-15-26(2)16-19-33/h7-22,29,35H,6,23-25H2,1-5H3,(H,39,43)/t29-,35+/m1/s1. The van der Waals surface area contributed by atoms with Crippen LogP contribution in [-0.2, 0) is 32.6 Å². The predicted octanol–water partition coefficient (Wildman–Crippen LogP) is 7.02. The van der Waals surface area contributed by atoms with E-state index in [1.807, 2.05) is 83.1 Å². The molecular weight excluding hydrogens is 618 g/mol. The number of carbonyl (C=O) groups excluding carboxylic acids is 2. The Hall–Kier alpha value is -4.14. The van der Waals surface area contributed by atoms with E-state index in [0.717, 1.165) is 26.6 Å². The summed E-state index contributed by atoms with van der Waals surface area (Å²) in [5.41, 5.74) is 4.57. The van der Waals surface area contributed by atoms with Crippen LogP contribution in [0, 0.1) is 20.8 Å². The summed E-state index contributed by atoms with van der Waals surface area (Å²) in [5.74, 6) is -0.830. The zero-order chi connectivity index (χ0) is 33.4. The maximum atomic E-state index is 14.6. The summed E-state index contributed by atoms with van der Waals surface area (Å²) < 4.78 is 29.7. The van der Waals surface area contributed by atoms with Crippen LogP contribution in [0.15, 0.2) is 102 Å². The van der Waals surface area contributed by atoms with E-state index in [0.29, 0.717) is 22.7 Å². The third-order valence-corrected chi connectivity index (χ3v) is 10.0. The first kappa shape index (κ1) is 34.7. The normalized spacial score (nSPS) is 12.7. The Morgan fingerprint density at radius 3 is 2.11 bits per heavy atom. The SMILES string of the molecule is CC[C@@H](C)NC(=O)[C@H](Cc1ccccc1)N(Cc1cccc(Cl)c1)C(=O)CN(c1ccc(C)cc1C)S(=O)(=O)c1ccc(C)cc1. The van der Waals surface area contributed by atoms with Crippen molar-refractivity contribution < 1.29 is 18.0 Å². The molecule has 0 aromatic heterocycles. The molecule has 0 heterocycles. The molecule has 4 rings (SSSR count). The minimum absolute atomic E-state index is 0.0517. The molecule has 4 aromatic carbocycles. The molecule has 2 atom stereocenters. The van der Waals surface area contributed by atoms with Gasteiger partial charge in [0, 0.05) is 24.0 Å². The van der Waals surface area contributed by atoms with Gasteiger partial charge in [0.25, 0.3) is 10.0 Å². The van der Waals surface area contributed by atoms with Gasteiger partial charge in [-0.15, -0.1) is 0 Å². The van der Waals surface area contributed by atoms with E-state index in [-0.39, 0.29) is 29.8 Å². The fourth-order valence-electron chi connectivity index (χ4n) is 5.26. The van der Waals surface area contributed by atoms with Gasteiger partial charge in [0.15, 0.2) is 0 Å². The maximum absolute atomic E-state index is 14.6. The average Bonchev–Trinajstić information content (AvgIpc) is 3.02. The molecule has 0 aliphatic heterocycles. The van der Waals surface area contributed by atoms with Crippen molar-refractivity contribution >= 4 is 39.1 Å². The fraction of sp³-hybridized carbons (Fsp3) is 0.297. The molecule has 0 radical (unpaired) electrons. The average molecular weight is 660 g/mol. The van der Waals surface area contributed by atoms with Crippen molar-refractivity contribution in [3.63, 3.8) is 0 Å². The van der Waals surface area contributed by atoms with Crippen molar-refractivity contribution in [1.82, 2.24) is 10.2 Å². The molecule has 0 fully saturated rings. The van der Waals surface area contributed by atoms with Crippen LogP contribution < -0.4 is 9.62 Å². The lowest BCUT2D eigenvalue weighted by atomic mass is 10.0. The van der Waals surface area contributed by atoms with Crippen LogP contribution in [0.1, 0.15) is 48.1 Å². The van der Waals surface area contributed by atoms with E-state index in [1.54, 1.807) is 48.5 Å². The molecule has 0 spiro atoms. The summed E-state index contributed by atoms with van der Waals surface area (Å²) in [5, 5.41) is 3.55. The number of nitrogens with zero attached hydrogens (tertiary/aromatic N) is 2. The van der Waals surface area contributed by atoms with Crippen molar-refractivity contribution in [2.45, 2.75) is 71.0 Å². The number of rotatable bonds is 13. The molecular formula is C37H42ClN3O4S. The molecule has 1 N–H and O–H groups in total. The number of hydrogen-bond donors (Lipinski definition) is 1. The van der Waals surface area contributed by atoms with Crippen LogP contribution in [0.3, 0.4) is 0 Å². The van der Waals surface area contributed by atoms with Crippen LogP contribution in [0.25, 0.3) is 0 Å². The summed E-state index contributed by atoms with van der Waals surface area (Å²) in [4.78, 5) is 30.1. The highest BCUT2D eigenvalue weighted by atomic mass is 35.5. The first-order chi connectivity index (χ1) is 21.9. The maximum Gasteiger partial charge on any atom is 0.264 e. The summed E-state index contributed by atoms with van der Waals surface area (Å²) in [6, 6.07) is 27.6. The molecule has 0 saturated carbocycles. The highest BCUT2D eigenvalue weighted by Crippen LogP contribution is 2.29. The molecule has 242 valence electrons. The Bertz CT molecular complexity index is 1760. The van der Waals surface area contributed by atoms with E-state index in [4.69, 9.17) is 11.6 Å². The molecule has 0 bridgehead atoms. The van der Waals surface area contributed by atoms with Crippen molar-refractivity contribution in [1.29, 1.82) is 0 Å². The first-order valence-electron chi connectivity index (χ1n) is 15.4. The molecule has 0 saturated heterocycles. The highest BCUT2D eigenvalue weighted by molar-refractivity contribution is 7.92. The van der Waals surface area contributed by atoms with Crippen molar-refractivity contribution in [2.75, 3.05) is 10.8 Å². The summed E-state index contributed by atoms with van der Waals surface area (Å²) >= 11 is 6.33. The van der Waals surface area contributed by atoms with E-state index >= 15 is 0 Å². The Kier molecular flexibility index (Phi) is 11.7. The van der Waals surface area contributed by atoms with Gasteiger partial charge in [0.1, 0.15) is 12.6 Å². The van der Waals surface area contributed by atoms with Crippen LogP contribution >= 0.6 is 11.6 Å². The molecule has 0 aliphatic rings. The van der Waals surface area contributed by atoms with Crippen molar-refractivity contribution in [2.24, 2.45) is 0 Å². The fourth-order valence-corrected chi connectivity index (χ4v) is 6.95. The lowest BCUT2D eigenvalue weighted by Gasteiger charge is -2.34.